The van der Waals surface area contributed by atoms with Crippen molar-refractivity contribution in [2.24, 2.45) is 0 Å². The number of rotatable bonds is 5. The Bertz CT molecular complexity index is 617. The molecule has 1 amide bonds. The number of thioether (sulfide) groups is 1. The summed E-state index contributed by atoms with van der Waals surface area (Å²) in [5, 5.41) is 2.72. The van der Waals surface area contributed by atoms with Gasteiger partial charge in [0.2, 0.25) is 0 Å². The van der Waals surface area contributed by atoms with Crippen LogP contribution >= 0.6 is 11.8 Å². The zero-order valence-electron chi connectivity index (χ0n) is 11.2. The van der Waals surface area contributed by atoms with E-state index < -0.39 is 6.61 Å². The fraction of sp³-hybridized carbons (Fsp3) is 0.133. The molecule has 21 heavy (non-hydrogen) atoms. The Morgan fingerprint density at radius 3 is 2.43 bits per heavy atom. The van der Waals surface area contributed by atoms with E-state index in [1.165, 1.54) is 36.0 Å². The summed E-state index contributed by atoms with van der Waals surface area (Å²) in [4.78, 5) is 13.0. The van der Waals surface area contributed by atoms with E-state index in [1.54, 1.807) is 12.1 Å². The molecule has 2 aromatic carbocycles. The summed E-state index contributed by atoms with van der Waals surface area (Å²) in [5.41, 5.74) is 1.08. The van der Waals surface area contributed by atoms with Crippen molar-refractivity contribution >= 4 is 23.4 Å². The number of hydrogen-bond acceptors (Lipinski definition) is 3. The van der Waals surface area contributed by atoms with Crippen LogP contribution in [0.15, 0.2) is 53.4 Å². The number of halogens is 2. The van der Waals surface area contributed by atoms with Crippen LogP contribution in [-0.4, -0.2) is 18.8 Å². The Labute approximate surface area is 125 Å². The Hall–Kier alpha value is -2.08. The highest BCUT2D eigenvalue weighted by atomic mass is 32.2. The minimum atomic E-state index is -2.86. The van der Waals surface area contributed by atoms with E-state index in [1.807, 2.05) is 18.4 Å². The predicted octanol–water partition coefficient (Wildman–Crippen LogP) is 4.26. The third-order valence-corrected chi connectivity index (χ3v) is 3.48. The van der Waals surface area contributed by atoms with Crippen molar-refractivity contribution in [1.82, 2.24) is 0 Å². The molecule has 0 atom stereocenters. The second-order valence-corrected chi connectivity index (χ2v) is 4.91. The van der Waals surface area contributed by atoms with Gasteiger partial charge in [0.25, 0.3) is 5.91 Å². The lowest BCUT2D eigenvalue weighted by Gasteiger charge is -2.09. The summed E-state index contributed by atoms with van der Waals surface area (Å²) in [6.45, 7) is -2.86. The molecule has 0 aliphatic heterocycles. The van der Waals surface area contributed by atoms with Crippen molar-refractivity contribution in [1.29, 1.82) is 0 Å². The fourth-order valence-corrected chi connectivity index (χ4v) is 2.35. The molecule has 0 saturated heterocycles. The summed E-state index contributed by atoms with van der Waals surface area (Å²) in [7, 11) is 0. The monoisotopic (exact) mass is 309 g/mol. The summed E-state index contributed by atoms with van der Waals surface area (Å²) in [6.07, 6.45) is 1.89. The van der Waals surface area contributed by atoms with Crippen molar-refractivity contribution in [3.63, 3.8) is 0 Å². The first-order valence-electron chi connectivity index (χ1n) is 6.09. The van der Waals surface area contributed by atoms with Gasteiger partial charge >= 0.3 is 6.61 Å². The molecular formula is C15H13F2NO2S. The molecule has 2 rings (SSSR count). The van der Waals surface area contributed by atoms with Crippen LogP contribution in [0.4, 0.5) is 14.5 Å². The molecule has 0 saturated carbocycles. The lowest BCUT2D eigenvalue weighted by Crippen LogP contribution is -2.12. The largest absolute Gasteiger partial charge is 0.435 e. The van der Waals surface area contributed by atoms with E-state index in [2.05, 4.69) is 10.1 Å². The maximum absolute atomic E-state index is 12.2. The van der Waals surface area contributed by atoms with Gasteiger partial charge in [-0.15, -0.1) is 11.8 Å². The maximum atomic E-state index is 12.2. The molecule has 0 unspecified atom stereocenters. The van der Waals surface area contributed by atoms with Crippen molar-refractivity contribution < 1.29 is 18.3 Å². The first-order chi connectivity index (χ1) is 10.1. The van der Waals surface area contributed by atoms with Crippen LogP contribution in [0.1, 0.15) is 10.4 Å². The Balaban J connectivity index is 2.09. The van der Waals surface area contributed by atoms with Crippen LogP contribution in [0.3, 0.4) is 0 Å². The second-order valence-electron chi connectivity index (χ2n) is 4.06. The van der Waals surface area contributed by atoms with Gasteiger partial charge in [0.05, 0.1) is 5.56 Å². The average Bonchev–Trinajstić information content (AvgIpc) is 2.48. The number of ether oxygens (including phenoxy) is 1. The number of anilines is 1. The summed E-state index contributed by atoms with van der Waals surface area (Å²) in [6, 6.07) is 13.0. The Kier molecular flexibility index (Phi) is 5.16. The number of carbonyl (C=O) groups is 1. The quantitative estimate of drug-likeness (QED) is 0.839. The Morgan fingerprint density at radius 1 is 1.14 bits per heavy atom. The van der Waals surface area contributed by atoms with E-state index >= 15 is 0 Å². The third-order valence-electron chi connectivity index (χ3n) is 2.69. The minimum Gasteiger partial charge on any atom is -0.435 e. The molecule has 110 valence electrons. The minimum absolute atomic E-state index is 0.0486. The van der Waals surface area contributed by atoms with Crippen LogP contribution < -0.4 is 10.1 Å². The number of alkyl halides is 2. The molecule has 0 fully saturated rings. The van der Waals surface area contributed by atoms with Crippen molar-refractivity contribution in [3.05, 3.63) is 54.1 Å². The van der Waals surface area contributed by atoms with Gasteiger partial charge in [-0.2, -0.15) is 8.78 Å². The van der Waals surface area contributed by atoms with Gasteiger partial charge in [0.1, 0.15) is 5.75 Å². The molecule has 1 N–H and O–H groups in total. The standard InChI is InChI=1S/C15H13F2NO2S/c1-21-13-5-3-2-4-12(13)14(19)18-10-6-8-11(9-7-10)20-15(16)17/h2-9,15H,1H3,(H,18,19). The van der Waals surface area contributed by atoms with Crippen LogP contribution in [0, 0.1) is 0 Å². The highest BCUT2D eigenvalue weighted by molar-refractivity contribution is 7.98. The molecule has 2 aromatic rings. The van der Waals surface area contributed by atoms with Gasteiger partial charge in [-0.3, -0.25) is 4.79 Å². The molecule has 0 spiro atoms. The summed E-state index contributed by atoms with van der Waals surface area (Å²) < 4.78 is 28.3. The molecule has 0 heterocycles. The molecule has 0 aliphatic carbocycles. The van der Waals surface area contributed by atoms with Crippen LogP contribution in [0.25, 0.3) is 0 Å². The number of carbonyl (C=O) groups excluding carboxylic acids is 1. The fourth-order valence-electron chi connectivity index (χ4n) is 1.75. The maximum Gasteiger partial charge on any atom is 0.387 e. The van der Waals surface area contributed by atoms with E-state index in [4.69, 9.17) is 0 Å². The molecule has 6 heteroatoms. The predicted molar refractivity (Wildman–Crippen MR) is 79.3 cm³/mol. The van der Waals surface area contributed by atoms with Crippen LogP contribution in [0.2, 0.25) is 0 Å². The van der Waals surface area contributed by atoms with Crippen molar-refractivity contribution in [2.75, 3.05) is 11.6 Å². The smallest absolute Gasteiger partial charge is 0.387 e. The summed E-state index contributed by atoms with van der Waals surface area (Å²) in [5.74, 6) is -0.199. The van der Waals surface area contributed by atoms with Gasteiger partial charge in [-0.05, 0) is 42.7 Å². The van der Waals surface area contributed by atoms with E-state index in [-0.39, 0.29) is 11.7 Å². The van der Waals surface area contributed by atoms with Gasteiger partial charge in [-0.25, -0.2) is 0 Å². The zero-order valence-corrected chi connectivity index (χ0v) is 12.0. The zero-order chi connectivity index (χ0) is 15.2. The number of hydrogen-bond donors (Lipinski definition) is 1. The van der Waals surface area contributed by atoms with Crippen LogP contribution in [-0.2, 0) is 0 Å². The SMILES string of the molecule is CSc1ccccc1C(=O)Nc1ccc(OC(F)F)cc1. The second kappa shape index (κ2) is 7.08. The highest BCUT2D eigenvalue weighted by Crippen LogP contribution is 2.22. The van der Waals surface area contributed by atoms with Gasteiger partial charge in [0, 0.05) is 10.6 Å². The van der Waals surface area contributed by atoms with Gasteiger partial charge in [0.15, 0.2) is 0 Å². The van der Waals surface area contributed by atoms with E-state index in [0.29, 0.717) is 11.3 Å². The Morgan fingerprint density at radius 2 is 1.81 bits per heavy atom. The van der Waals surface area contributed by atoms with E-state index in [0.717, 1.165) is 4.90 Å². The first kappa shape index (κ1) is 15.3. The third kappa shape index (κ3) is 4.19. The molecule has 0 aromatic heterocycles. The van der Waals surface area contributed by atoms with E-state index in [9.17, 15) is 13.6 Å². The van der Waals surface area contributed by atoms with Crippen molar-refractivity contribution in [2.45, 2.75) is 11.5 Å². The molecule has 0 radical (unpaired) electrons. The first-order valence-corrected chi connectivity index (χ1v) is 7.32. The number of amides is 1. The lowest BCUT2D eigenvalue weighted by molar-refractivity contribution is -0.0498. The molecular weight excluding hydrogens is 296 g/mol. The molecule has 0 aliphatic rings. The molecule has 0 bridgehead atoms. The summed E-state index contributed by atoms with van der Waals surface area (Å²) >= 11 is 1.48. The molecule has 3 nitrogen and oxygen atoms in total. The highest BCUT2D eigenvalue weighted by Gasteiger charge is 2.11. The number of nitrogens with one attached hydrogen (secondary N) is 1. The average molecular weight is 309 g/mol. The lowest BCUT2D eigenvalue weighted by atomic mass is 10.2. The van der Waals surface area contributed by atoms with Crippen molar-refractivity contribution in [3.8, 4) is 5.75 Å². The normalized spacial score (nSPS) is 10.5. The number of benzene rings is 2. The van der Waals surface area contributed by atoms with Crippen LogP contribution in [0.5, 0.6) is 5.75 Å². The topological polar surface area (TPSA) is 38.3 Å². The van der Waals surface area contributed by atoms with Gasteiger partial charge in [-0.1, -0.05) is 12.1 Å². The van der Waals surface area contributed by atoms with Gasteiger partial charge < -0.3 is 10.1 Å².